The van der Waals surface area contributed by atoms with E-state index in [1.807, 2.05) is 21.7 Å². The zero-order valence-corrected chi connectivity index (χ0v) is 43.5. The molecule has 0 aliphatic heterocycles. The number of aromatic amines is 3. The minimum absolute atomic E-state index is 0.00227. The van der Waals surface area contributed by atoms with Crippen molar-refractivity contribution < 1.29 is 66.3 Å². The molecule has 0 fully saturated rings. The number of fused-ring (bicyclic) bond motifs is 3. The molecule has 0 saturated heterocycles. The number of aromatic nitrogens is 9. The number of sulfonamides is 3. The predicted octanol–water partition coefficient (Wildman–Crippen LogP) is 7.98. The van der Waals surface area contributed by atoms with Gasteiger partial charge < -0.3 is 20.1 Å². The Morgan fingerprint density at radius 1 is 0.564 bits per heavy atom. The van der Waals surface area contributed by atoms with Crippen LogP contribution < -0.4 is 14.2 Å². The van der Waals surface area contributed by atoms with Crippen molar-refractivity contribution >= 4 is 92.7 Å². The van der Waals surface area contributed by atoms with E-state index in [4.69, 9.17) is 0 Å². The molecule has 0 amide bonds. The normalized spacial score (nSPS) is 11.9. The number of nitrogens with one attached hydrogen (secondary N) is 6. The van der Waals surface area contributed by atoms with Crippen LogP contribution in [0.25, 0.3) is 33.5 Å². The van der Waals surface area contributed by atoms with Gasteiger partial charge in [0.15, 0.2) is 40.7 Å². The Morgan fingerprint density at radius 2 is 1.03 bits per heavy atom. The minimum Gasteiger partial charge on any atom is -0.383 e. The summed E-state index contributed by atoms with van der Waals surface area (Å²) in [7, 11) is -11.3. The molecule has 9 aromatic rings. The number of carbonyl (C=O) groups excluding carboxylic acids is 2. The van der Waals surface area contributed by atoms with Gasteiger partial charge in [-0.2, -0.15) is 0 Å². The summed E-state index contributed by atoms with van der Waals surface area (Å²) in [6.07, 6.45) is 12.6. The smallest absolute Gasteiger partial charge is 0.232 e. The number of rotatable bonds is 17. The number of halogens is 6. The topological polar surface area (TPSA) is 318 Å². The molecule has 1 unspecified atom stereocenters. The maximum atomic E-state index is 14.8. The number of benzene rings is 3. The van der Waals surface area contributed by atoms with E-state index in [0.29, 0.717) is 24.9 Å². The van der Waals surface area contributed by atoms with Gasteiger partial charge in [-0.25, -0.2) is 66.5 Å². The van der Waals surface area contributed by atoms with Gasteiger partial charge in [-0.05, 0) is 61.7 Å². The van der Waals surface area contributed by atoms with Gasteiger partial charge in [0.2, 0.25) is 35.9 Å². The van der Waals surface area contributed by atoms with Crippen LogP contribution in [0.15, 0.2) is 98.2 Å². The second kappa shape index (κ2) is 25.7. The van der Waals surface area contributed by atoms with E-state index < -0.39 is 111 Å². The standard InChI is InChI=1S/C16H16F2N4O3S.C16H14F2N4O3S.C10H11F2NO3S.C6H5N3/c2*1-2-7-26(24,25)22-11-4-3-10(17)12(13(11)18)15(23)9-8-21-16-14(9)19-5-6-20-16;1-2-5-17(15,16)13-9-4-3-8(11)7(6-14)10(9)12;1-2-8-6-5(1)7-3-4-9-6/h3-6,8,15,22-23H,2,7H2,1H3,(H,20,21);3-6,8,22H,2,7H2,1H3,(H,20,21);3-4,6,13H,2,5H2,1H3;1-4H,(H,8,9). The Balaban J connectivity index is 0.000000178. The van der Waals surface area contributed by atoms with Gasteiger partial charge in [-0.1, -0.05) is 20.8 Å². The van der Waals surface area contributed by atoms with Gasteiger partial charge in [-0.15, -0.1) is 0 Å². The molecule has 0 spiro atoms. The summed E-state index contributed by atoms with van der Waals surface area (Å²) in [5.74, 6) is -8.41. The highest BCUT2D eigenvalue weighted by atomic mass is 32.2. The van der Waals surface area contributed by atoms with E-state index in [0.717, 1.165) is 47.6 Å². The van der Waals surface area contributed by atoms with Crippen LogP contribution in [0.1, 0.15) is 83.5 Å². The summed E-state index contributed by atoms with van der Waals surface area (Å²) in [6.45, 7) is 4.96. The molecule has 1 atom stereocenters. The van der Waals surface area contributed by atoms with Crippen molar-refractivity contribution in [3.05, 3.63) is 161 Å². The number of anilines is 3. The van der Waals surface area contributed by atoms with Gasteiger partial charge in [0, 0.05) is 61.3 Å². The van der Waals surface area contributed by atoms with Crippen molar-refractivity contribution in [3.63, 3.8) is 0 Å². The lowest BCUT2D eigenvalue weighted by atomic mass is 10.0. The molecule has 78 heavy (non-hydrogen) atoms. The molecular weight excluding hydrogens is 1100 g/mol. The maximum absolute atomic E-state index is 14.8. The first-order chi connectivity index (χ1) is 37.1. The second-order valence-corrected chi connectivity index (χ2v) is 21.8. The lowest BCUT2D eigenvalue weighted by molar-refractivity contribution is 0.103. The SMILES string of the molecule is CCCS(=O)(=O)Nc1ccc(F)c(C(=O)c2c[nH]c3nccnc23)c1F.CCCS(=O)(=O)Nc1ccc(F)c(C(O)c2c[nH]c3nccnc23)c1F.CCCS(=O)(=O)Nc1ccc(F)c(C=O)c1F.c1cnc2[nH]ccc2n1. The lowest BCUT2D eigenvalue weighted by Crippen LogP contribution is -2.18. The third kappa shape index (κ3) is 14.4. The Labute approximate surface area is 440 Å². The van der Waals surface area contributed by atoms with Crippen molar-refractivity contribution in [2.24, 2.45) is 0 Å². The highest BCUT2D eigenvalue weighted by molar-refractivity contribution is 7.93. The predicted molar refractivity (Wildman–Crippen MR) is 277 cm³/mol. The molecule has 21 nitrogen and oxygen atoms in total. The van der Waals surface area contributed by atoms with Gasteiger partial charge in [0.05, 0.1) is 56.6 Å². The third-order valence-corrected chi connectivity index (χ3v) is 15.0. The Kier molecular flexibility index (Phi) is 19.4. The van der Waals surface area contributed by atoms with Gasteiger partial charge in [-0.3, -0.25) is 38.7 Å². The van der Waals surface area contributed by atoms with Crippen LogP contribution in [0.4, 0.5) is 43.4 Å². The molecule has 412 valence electrons. The lowest BCUT2D eigenvalue weighted by Gasteiger charge is -2.15. The first-order valence-corrected chi connectivity index (χ1v) is 27.9. The third-order valence-electron chi connectivity index (χ3n) is 10.5. The number of H-pyrrole nitrogens is 3. The molecule has 30 heteroatoms. The number of aldehydes is 1. The monoisotopic (exact) mass is 1140 g/mol. The minimum atomic E-state index is -3.80. The number of hydrogen-bond donors (Lipinski definition) is 7. The summed E-state index contributed by atoms with van der Waals surface area (Å²) in [6, 6.07) is 7.29. The van der Waals surface area contributed by atoms with E-state index in [2.05, 4.69) is 49.6 Å². The van der Waals surface area contributed by atoms with Crippen molar-refractivity contribution in [3.8, 4) is 0 Å². The fraction of sp³-hybridized carbons (Fsp3) is 0.208. The number of nitrogens with zero attached hydrogens (tertiary/aromatic N) is 6. The number of hydrogen-bond acceptors (Lipinski definition) is 15. The van der Waals surface area contributed by atoms with E-state index >= 15 is 0 Å². The fourth-order valence-corrected chi connectivity index (χ4v) is 10.5. The van der Waals surface area contributed by atoms with Gasteiger partial charge in [0.25, 0.3) is 0 Å². The van der Waals surface area contributed by atoms with Gasteiger partial charge >= 0.3 is 0 Å². The number of aliphatic hydroxyl groups is 1. The Morgan fingerprint density at radius 3 is 1.58 bits per heavy atom. The fourth-order valence-electron chi connectivity index (χ4n) is 7.13. The summed E-state index contributed by atoms with van der Waals surface area (Å²) < 4.78 is 161. The molecule has 0 aliphatic rings. The summed E-state index contributed by atoms with van der Waals surface area (Å²) in [5.41, 5.74) is -0.810. The van der Waals surface area contributed by atoms with E-state index in [1.54, 1.807) is 33.2 Å². The van der Waals surface area contributed by atoms with Crippen LogP contribution in [0.5, 0.6) is 0 Å². The summed E-state index contributed by atoms with van der Waals surface area (Å²) in [5, 5.41) is 10.5. The van der Waals surface area contributed by atoms with Gasteiger partial charge in [0.1, 0.15) is 40.1 Å². The number of ketones is 1. The molecule has 6 heterocycles. The Bertz CT molecular complexity index is 3930. The number of carbonyl (C=O) groups is 2. The molecule has 7 N–H and O–H groups in total. The Hall–Kier alpha value is -8.35. The zero-order valence-electron chi connectivity index (χ0n) is 41.0. The highest BCUT2D eigenvalue weighted by Crippen LogP contribution is 2.34. The zero-order chi connectivity index (χ0) is 57.0. The summed E-state index contributed by atoms with van der Waals surface area (Å²) in [4.78, 5) is 55.6. The second-order valence-electron chi connectivity index (χ2n) is 16.3. The summed E-state index contributed by atoms with van der Waals surface area (Å²) >= 11 is 0. The molecule has 0 bridgehead atoms. The largest absolute Gasteiger partial charge is 0.383 e. The van der Waals surface area contributed by atoms with Crippen molar-refractivity contribution in [2.45, 2.75) is 46.1 Å². The van der Waals surface area contributed by atoms with Crippen LogP contribution in [0, 0.1) is 34.9 Å². The first kappa shape index (κ1) is 58.9. The van der Waals surface area contributed by atoms with Crippen molar-refractivity contribution in [1.82, 2.24) is 44.9 Å². The molecular formula is C48H46F6N12O9S3. The van der Waals surface area contributed by atoms with Crippen LogP contribution in [0.3, 0.4) is 0 Å². The van der Waals surface area contributed by atoms with Crippen LogP contribution in [-0.4, -0.2) is 105 Å². The van der Waals surface area contributed by atoms with E-state index in [-0.39, 0.29) is 51.4 Å². The molecule has 0 radical (unpaired) electrons. The van der Waals surface area contributed by atoms with Crippen LogP contribution in [0.2, 0.25) is 0 Å². The maximum Gasteiger partial charge on any atom is 0.232 e. The van der Waals surface area contributed by atoms with E-state index in [9.17, 15) is 66.3 Å². The van der Waals surface area contributed by atoms with E-state index in [1.165, 1.54) is 37.2 Å². The van der Waals surface area contributed by atoms with Crippen molar-refractivity contribution in [2.75, 3.05) is 31.4 Å². The van der Waals surface area contributed by atoms with Crippen LogP contribution in [-0.2, 0) is 30.1 Å². The van der Waals surface area contributed by atoms with Crippen LogP contribution >= 0.6 is 0 Å². The van der Waals surface area contributed by atoms with Crippen molar-refractivity contribution in [1.29, 1.82) is 0 Å². The molecule has 0 aliphatic carbocycles. The quantitative estimate of drug-likeness (QED) is 0.0258. The average Bonchev–Trinajstić information content (AvgIpc) is 4.17. The molecule has 6 aromatic heterocycles. The number of aliphatic hydroxyl groups excluding tert-OH is 1. The highest BCUT2D eigenvalue weighted by Gasteiger charge is 2.28. The molecule has 0 saturated carbocycles. The molecule has 3 aromatic carbocycles. The molecule has 9 rings (SSSR count). The first-order valence-electron chi connectivity index (χ1n) is 23.0. The average molecular weight is 1150 g/mol.